The molecule has 0 aromatic rings. The van der Waals surface area contributed by atoms with Crippen molar-refractivity contribution in [2.24, 2.45) is 17.3 Å². The molecule has 1 saturated carbocycles. The van der Waals surface area contributed by atoms with Crippen LogP contribution in [0.2, 0.25) is 0 Å². The second-order valence-corrected chi connectivity index (χ2v) is 6.97. The largest absolute Gasteiger partial charge is 0.396 e. The fourth-order valence-corrected chi connectivity index (χ4v) is 2.97. The van der Waals surface area contributed by atoms with E-state index < -0.39 is 0 Å². The predicted molar refractivity (Wildman–Crippen MR) is 74.0 cm³/mol. The molecule has 0 amide bonds. The molecule has 2 heteroatoms. The van der Waals surface area contributed by atoms with Crippen LogP contribution in [0, 0.1) is 17.3 Å². The van der Waals surface area contributed by atoms with Crippen LogP contribution in [0.3, 0.4) is 0 Å². The van der Waals surface area contributed by atoms with Gasteiger partial charge >= 0.3 is 0 Å². The Morgan fingerprint density at radius 1 is 1.24 bits per heavy atom. The van der Waals surface area contributed by atoms with Gasteiger partial charge in [-0.1, -0.05) is 47.5 Å². The molecule has 0 bridgehead atoms. The molecule has 4 unspecified atom stereocenters. The van der Waals surface area contributed by atoms with Crippen molar-refractivity contribution in [3.8, 4) is 0 Å². The normalized spacial score (nSPS) is 32.5. The van der Waals surface area contributed by atoms with Crippen molar-refractivity contribution in [2.45, 2.75) is 72.4 Å². The average Bonchev–Trinajstić information content (AvgIpc) is 2.22. The molecule has 1 aliphatic rings. The fourth-order valence-electron chi connectivity index (χ4n) is 2.97. The van der Waals surface area contributed by atoms with E-state index in [0.29, 0.717) is 12.1 Å². The Balaban J connectivity index is 2.60. The molecule has 0 heterocycles. The molecule has 1 rings (SSSR count). The van der Waals surface area contributed by atoms with Crippen LogP contribution in [0.4, 0.5) is 0 Å². The van der Waals surface area contributed by atoms with Crippen LogP contribution in [-0.4, -0.2) is 23.8 Å². The van der Waals surface area contributed by atoms with Gasteiger partial charge in [-0.3, -0.25) is 0 Å². The zero-order valence-corrected chi connectivity index (χ0v) is 12.3. The molecule has 2 N–H and O–H groups in total. The molecule has 17 heavy (non-hydrogen) atoms. The Morgan fingerprint density at radius 3 is 2.41 bits per heavy atom. The van der Waals surface area contributed by atoms with Crippen molar-refractivity contribution >= 4 is 0 Å². The molecule has 0 spiro atoms. The highest BCUT2D eigenvalue weighted by molar-refractivity contribution is 4.88. The van der Waals surface area contributed by atoms with Gasteiger partial charge in [-0.25, -0.2) is 0 Å². The highest BCUT2D eigenvalue weighted by atomic mass is 16.3. The minimum absolute atomic E-state index is 0.225. The summed E-state index contributed by atoms with van der Waals surface area (Å²) in [5.74, 6) is 1.59. The lowest BCUT2D eigenvalue weighted by Gasteiger charge is -2.41. The van der Waals surface area contributed by atoms with Crippen LogP contribution in [-0.2, 0) is 0 Å². The maximum Gasteiger partial charge on any atom is 0.0446 e. The molecule has 4 atom stereocenters. The highest BCUT2D eigenvalue weighted by Gasteiger charge is 2.32. The van der Waals surface area contributed by atoms with E-state index in [1.54, 1.807) is 0 Å². The van der Waals surface area contributed by atoms with Gasteiger partial charge in [0.15, 0.2) is 0 Å². The summed E-state index contributed by atoms with van der Waals surface area (Å²) in [5, 5.41) is 13.0. The van der Waals surface area contributed by atoms with Crippen LogP contribution in [0.25, 0.3) is 0 Å². The Morgan fingerprint density at radius 2 is 1.88 bits per heavy atom. The first-order valence-corrected chi connectivity index (χ1v) is 7.23. The van der Waals surface area contributed by atoms with Gasteiger partial charge in [0.05, 0.1) is 0 Å². The van der Waals surface area contributed by atoms with Gasteiger partial charge in [0.1, 0.15) is 0 Å². The van der Waals surface area contributed by atoms with Crippen molar-refractivity contribution in [3.05, 3.63) is 0 Å². The number of rotatable bonds is 4. The summed E-state index contributed by atoms with van der Waals surface area (Å²) in [6.45, 7) is 11.8. The van der Waals surface area contributed by atoms with E-state index in [9.17, 15) is 5.11 Å². The van der Waals surface area contributed by atoms with Gasteiger partial charge in [-0.15, -0.1) is 0 Å². The molecular weight excluding hydrogens is 210 g/mol. The molecule has 102 valence electrons. The zero-order chi connectivity index (χ0) is 13.1. The third kappa shape index (κ3) is 4.26. The smallest absolute Gasteiger partial charge is 0.0446 e. The molecule has 1 fully saturated rings. The molecule has 1 aliphatic carbocycles. The standard InChI is InChI=1S/C15H31NO/c1-11-7-6-8-13(12(11)2)16-14(9-10-17)15(3,4)5/h11-14,16-17H,6-10H2,1-5H3. The Kier molecular flexibility index (Phi) is 5.46. The number of hydrogen-bond acceptors (Lipinski definition) is 2. The summed E-state index contributed by atoms with van der Waals surface area (Å²) in [7, 11) is 0. The molecule has 0 aromatic heterocycles. The third-order valence-electron chi connectivity index (χ3n) is 4.59. The van der Waals surface area contributed by atoms with E-state index in [1.807, 2.05) is 0 Å². The lowest BCUT2D eigenvalue weighted by Crippen LogP contribution is -2.50. The monoisotopic (exact) mass is 241 g/mol. The number of hydrogen-bond donors (Lipinski definition) is 2. The van der Waals surface area contributed by atoms with E-state index in [0.717, 1.165) is 18.3 Å². The van der Waals surface area contributed by atoms with Crippen LogP contribution >= 0.6 is 0 Å². The number of aliphatic hydroxyl groups is 1. The molecule has 0 aromatic carbocycles. The maximum atomic E-state index is 9.21. The molecule has 2 nitrogen and oxygen atoms in total. The minimum Gasteiger partial charge on any atom is -0.396 e. The Bertz CT molecular complexity index is 221. The molecular formula is C15H31NO. The Labute approximate surface area is 107 Å². The lowest BCUT2D eigenvalue weighted by molar-refractivity contribution is 0.136. The van der Waals surface area contributed by atoms with Crippen LogP contribution in [0.15, 0.2) is 0 Å². The van der Waals surface area contributed by atoms with E-state index in [4.69, 9.17) is 0 Å². The second-order valence-electron chi connectivity index (χ2n) is 6.97. The number of nitrogens with one attached hydrogen (secondary N) is 1. The van der Waals surface area contributed by atoms with Gasteiger partial charge in [0, 0.05) is 18.7 Å². The first-order chi connectivity index (χ1) is 7.86. The van der Waals surface area contributed by atoms with E-state index in [1.165, 1.54) is 19.3 Å². The van der Waals surface area contributed by atoms with Gasteiger partial charge < -0.3 is 10.4 Å². The lowest BCUT2D eigenvalue weighted by atomic mass is 9.76. The summed E-state index contributed by atoms with van der Waals surface area (Å²) in [6, 6.07) is 1.06. The van der Waals surface area contributed by atoms with Crippen LogP contribution < -0.4 is 5.32 Å². The van der Waals surface area contributed by atoms with E-state index >= 15 is 0 Å². The van der Waals surface area contributed by atoms with E-state index in [-0.39, 0.29) is 12.0 Å². The summed E-state index contributed by atoms with van der Waals surface area (Å²) in [4.78, 5) is 0. The van der Waals surface area contributed by atoms with Crippen LogP contribution in [0.1, 0.15) is 60.3 Å². The first kappa shape index (κ1) is 15.0. The Hall–Kier alpha value is -0.0800. The van der Waals surface area contributed by atoms with Gasteiger partial charge in [-0.2, -0.15) is 0 Å². The summed E-state index contributed by atoms with van der Waals surface area (Å²) < 4.78 is 0. The topological polar surface area (TPSA) is 32.3 Å². The SMILES string of the molecule is CC1CCCC(NC(CCO)C(C)(C)C)C1C. The first-order valence-electron chi connectivity index (χ1n) is 7.23. The maximum absolute atomic E-state index is 9.21. The summed E-state index contributed by atoms with van der Waals surface area (Å²) >= 11 is 0. The second kappa shape index (κ2) is 6.19. The van der Waals surface area contributed by atoms with Crippen molar-refractivity contribution in [1.29, 1.82) is 0 Å². The van der Waals surface area contributed by atoms with Crippen molar-refractivity contribution < 1.29 is 5.11 Å². The predicted octanol–water partition coefficient (Wildman–Crippen LogP) is 3.20. The molecule has 0 saturated heterocycles. The average molecular weight is 241 g/mol. The van der Waals surface area contributed by atoms with Crippen molar-refractivity contribution in [3.63, 3.8) is 0 Å². The molecule has 0 aliphatic heterocycles. The fraction of sp³-hybridized carbons (Fsp3) is 1.00. The quantitative estimate of drug-likeness (QED) is 0.792. The third-order valence-corrected chi connectivity index (χ3v) is 4.59. The van der Waals surface area contributed by atoms with Gasteiger partial charge in [0.25, 0.3) is 0 Å². The van der Waals surface area contributed by atoms with Gasteiger partial charge in [-0.05, 0) is 30.1 Å². The minimum atomic E-state index is 0.225. The summed E-state index contributed by atoms with van der Waals surface area (Å²) in [6.07, 6.45) is 4.88. The molecule has 0 radical (unpaired) electrons. The van der Waals surface area contributed by atoms with Crippen LogP contribution in [0.5, 0.6) is 0 Å². The number of aliphatic hydroxyl groups excluding tert-OH is 1. The highest BCUT2D eigenvalue weighted by Crippen LogP contribution is 2.31. The van der Waals surface area contributed by atoms with Crippen molar-refractivity contribution in [2.75, 3.05) is 6.61 Å². The summed E-state index contributed by atoms with van der Waals surface area (Å²) in [5.41, 5.74) is 0.225. The van der Waals surface area contributed by atoms with E-state index in [2.05, 4.69) is 39.9 Å². The van der Waals surface area contributed by atoms with Gasteiger partial charge in [0.2, 0.25) is 0 Å². The zero-order valence-electron chi connectivity index (χ0n) is 12.3. The van der Waals surface area contributed by atoms with Crippen molar-refractivity contribution in [1.82, 2.24) is 5.32 Å².